The molecular formula is C20H17F2N3O2. The Morgan fingerprint density at radius 2 is 1.93 bits per heavy atom. The van der Waals surface area contributed by atoms with Gasteiger partial charge in [-0.15, -0.1) is 0 Å². The second kappa shape index (κ2) is 5.97. The number of rotatable bonds is 2. The molecule has 27 heavy (non-hydrogen) atoms. The summed E-state index contributed by atoms with van der Waals surface area (Å²) in [6, 6.07) is 11.8. The van der Waals surface area contributed by atoms with Crippen LogP contribution in [-0.2, 0) is 21.5 Å². The predicted octanol–water partition coefficient (Wildman–Crippen LogP) is 2.97. The number of halogens is 2. The summed E-state index contributed by atoms with van der Waals surface area (Å²) in [6.45, 7) is 1.57. The molecule has 1 atom stereocenters. The normalized spacial score (nSPS) is 22.9. The molecule has 0 saturated heterocycles. The average Bonchev–Trinajstić information content (AvgIpc) is 2.88. The molecule has 2 aromatic rings. The van der Waals surface area contributed by atoms with Gasteiger partial charge in [-0.2, -0.15) is 0 Å². The fourth-order valence-corrected chi connectivity index (χ4v) is 3.84. The lowest BCUT2D eigenvalue weighted by atomic mass is 9.79. The Labute approximate surface area is 154 Å². The van der Waals surface area contributed by atoms with E-state index in [0.29, 0.717) is 16.8 Å². The van der Waals surface area contributed by atoms with E-state index in [9.17, 15) is 4.79 Å². The lowest BCUT2D eigenvalue weighted by Gasteiger charge is -2.38. The molecule has 0 amide bonds. The lowest BCUT2D eigenvalue weighted by Crippen LogP contribution is -2.50. The van der Waals surface area contributed by atoms with Crippen molar-refractivity contribution in [3.8, 4) is 0 Å². The van der Waals surface area contributed by atoms with Crippen molar-refractivity contribution in [1.82, 2.24) is 10.3 Å². The van der Waals surface area contributed by atoms with Crippen LogP contribution < -0.4 is 5.32 Å². The Morgan fingerprint density at radius 1 is 1.19 bits per heavy atom. The van der Waals surface area contributed by atoms with Crippen molar-refractivity contribution < 1.29 is 18.3 Å². The van der Waals surface area contributed by atoms with Gasteiger partial charge in [0.25, 0.3) is 5.92 Å². The number of benzene rings is 1. The summed E-state index contributed by atoms with van der Waals surface area (Å²) in [5.74, 6) is -3.94. The van der Waals surface area contributed by atoms with Gasteiger partial charge < -0.3 is 10.1 Å². The Bertz CT molecular complexity index is 986. The van der Waals surface area contributed by atoms with Gasteiger partial charge in [0.05, 0.1) is 12.7 Å². The lowest BCUT2D eigenvalue weighted by molar-refractivity contribution is -0.140. The Kier molecular flexibility index (Phi) is 3.83. The standard InChI is InChI=1S/C20H17F2N3O2/c1-12-16(18(26)27-2)20(25-17(24-12)15-9-5-6-10-23-15)14-8-4-3-7-13(14)11-19(20,21)22/h3-10H,11H2,1-2H3,(H,24,25). The number of pyridine rings is 1. The molecular weight excluding hydrogens is 352 g/mol. The fourth-order valence-electron chi connectivity index (χ4n) is 3.84. The van der Waals surface area contributed by atoms with Crippen LogP contribution in [0.2, 0.25) is 0 Å². The summed E-state index contributed by atoms with van der Waals surface area (Å²) in [7, 11) is 1.17. The molecule has 4 rings (SSSR count). The van der Waals surface area contributed by atoms with Gasteiger partial charge in [-0.1, -0.05) is 30.3 Å². The fraction of sp³-hybridized carbons (Fsp3) is 0.250. The van der Waals surface area contributed by atoms with Crippen molar-refractivity contribution in [2.45, 2.75) is 24.8 Å². The summed E-state index contributed by atoms with van der Waals surface area (Å²) in [5.41, 5.74) is -0.875. The number of esters is 1. The second-order valence-electron chi connectivity index (χ2n) is 6.54. The zero-order valence-corrected chi connectivity index (χ0v) is 14.8. The number of carbonyl (C=O) groups is 1. The summed E-state index contributed by atoms with van der Waals surface area (Å²) in [5, 5.41) is 2.95. The maximum atomic E-state index is 15.5. The molecule has 1 unspecified atom stereocenters. The highest BCUT2D eigenvalue weighted by atomic mass is 19.3. The van der Waals surface area contributed by atoms with Crippen LogP contribution in [0.1, 0.15) is 23.7 Å². The number of hydrogen-bond acceptors (Lipinski definition) is 5. The average molecular weight is 369 g/mol. The number of nitrogens with zero attached hydrogens (tertiary/aromatic N) is 2. The molecule has 2 heterocycles. The molecule has 1 aromatic carbocycles. The summed E-state index contributed by atoms with van der Waals surface area (Å²) in [4.78, 5) is 21.2. The van der Waals surface area contributed by atoms with Crippen LogP contribution in [0.15, 0.2) is 64.9 Å². The van der Waals surface area contributed by atoms with E-state index in [-0.39, 0.29) is 17.1 Å². The first-order valence-corrected chi connectivity index (χ1v) is 8.45. The van der Waals surface area contributed by atoms with E-state index in [0.717, 1.165) is 0 Å². The van der Waals surface area contributed by atoms with Crippen molar-refractivity contribution in [3.05, 3.63) is 76.8 Å². The first-order valence-electron chi connectivity index (χ1n) is 8.45. The molecule has 1 aliphatic heterocycles. The highest BCUT2D eigenvalue weighted by Gasteiger charge is 2.66. The van der Waals surface area contributed by atoms with Gasteiger partial charge in [0.15, 0.2) is 11.4 Å². The van der Waals surface area contributed by atoms with Gasteiger partial charge in [0.1, 0.15) is 5.69 Å². The van der Waals surface area contributed by atoms with Crippen LogP contribution in [-0.4, -0.2) is 29.8 Å². The maximum absolute atomic E-state index is 15.5. The van der Waals surface area contributed by atoms with Gasteiger partial charge in [-0.25, -0.2) is 18.6 Å². The molecule has 0 fully saturated rings. The first kappa shape index (κ1) is 17.3. The highest BCUT2D eigenvalue weighted by Crippen LogP contribution is 2.56. The van der Waals surface area contributed by atoms with Gasteiger partial charge in [0, 0.05) is 18.3 Å². The van der Waals surface area contributed by atoms with E-state index in [4.69, 9.17) is 4.74 Å². The number of carbonyl (C=O) groups excluding carboxylic acids is 1. The Morgan fingerprint density at radius 3 is 2.63 bits per heavy atom. The quantitative estimate of drug-likeness (QED) is 0.827. The largest absolute Gasteiger partial charge is 0.466 e. The third-order valence-electron chi connectivity index (χ3n) is 4.97. The van der Waals surface area contributed by atoms with Gasteiger partial charge in [0.2, 0.25) is 0 Å². The first-order chi connectivity index (χ1) is 12.9. The van der Waals surface area contributed by atoms with Crippen LogP contribution in [0.5, 0.6) is 0 Å². The van der Waals surface area contributed by atoms with E-state index >= 15 is 8.78 Å². The molecule has 2 aliphatic rings. The topological polar surface area (TPSA) is 63.6 Å². The van der Waals surface area contributed by atoms with Crippen LogP contribution in [0.25, 0.3) is 0 Å². The van der Waals surface area contributed by atoms with Crippen LogP contribution in [0, 0.1) is 0 Å². The molecule has 0 saturated carbocycles. The van der Waals surface area contributed by atoms with Gasteiger partial charge >= 0.3 is 5.97 Å². The van der Waals surface area contributed by atoms with Crippen molar-refractivity contribution in [2.24, 2.45) is 4.99 Å². The number of aliphatic imine (C=N–C) groups is 1. The van der Waals surface area contributed by atoms with Crippen LogP contribution in [0.4, 0.5) is 8.78 Å². The number of nitrogens with one attached hydrogen (secondary N) is 1. The molecule has 7 heteroatoms. The van der Waals surface area contributed by atoms with Crippen molar-refractivity contribution in [3.63, 3.8) is 0 Å². The highest BCUT2D eigenvalue weighted by molar-refractivity contribution is 6.03. The minimum Gasteiger partial charge on any atom is -0.466 e. The summed E-state index contributed by atoms with van der Waals surface area (Å²) < 4.78 is 35.8. The number of hydrogen-bond donors (Lipinski definition) is 1. The van der Waals surface area contributed by atoms with E-state index in [1.807, 2.05) is 0 Å². The van der Waals surface area contributed by atoms with E-state index in [2.05, 4.69) is 15.3 Å². The molecule has 0 radical (unpaired) electrons. The van der Waals surface area contributed by atoms with E-state index in [1.165, 1.54) is 7.11 Å². The summed E-state index contributed by atoms with van der Waals surface area (Å²) in [6.07, 6.45) is 1.05. The van der Waals surface area contributed by atoms with Crippen molar-refractivity contribution in [2.75, 3.05) is 7.11 Å². The Balaban J connectivity index is 2.04. The molecule has 1 spiro atoms. The third kappa shape index (κ3) is 2.38. The minimum atomic E-state index is -3.30. The van der Waals surface area contributed by atoms with E-state index < -0.39 is 23.9 Å². The predicted molar refractivity (Wildman–Crippen MR) is 95.4 cm³/mol. The maximum Gasteiger partial charge on any atom is 0.338 e. The monoisotopic (exact) mass is 369 g/mol. The Hall–Kier alpha value is -3.09. The number of fused-ring (bicyclic) bond motifs is 2. The molecule has 0 bridgehead atoms. The number of amidine groups is 1. The number of allylic oxidation sites excluding steroid dienone is 1. The van der Waals surface area contributed by atoms with Gasteiger partial charge in [-0.05, 0) is 30.2 Å². The van der Waals surface area contributed by atoms with E-state index in [1.54, 1.807) is 55.6 Å². The van der Waals surface area contributed by atoms with Crippen molar-refractivity contribution >= 4 is 11.8 Å². The van der Waals surface area contributed by atoms with Crippen LogP contribution >= 0.6 is 0 Å². The molecule has 1 aliphatic carbocycles. The van der Waals surface area contributed by atoms with Crippen molar-refractivity contribution in [1.29, 1.82) is 0 Å². The number of alkyl halides is 2. The zero-order valence-electron chi connectivity index (χ0n) is 14.8. The number of aromatic nitrogens is 1. The molecule has 1 aromatic heterocycles. The SMILES string of the molecule is COC(=O)C1=C(C)NC(c2ccccn2)=NC12c1ccccc1CC2(F)F. The number of ether oxygens (including phenoxy) is 1. The molecule has 138 valence electrons. The molecule has 1 N–H and O–H groups in total. The molecule has 5 nitrogen and oxygen atoms in total. The van der Waals surface area contributed by atoms with Crippen LogP contribution in [0.3, 0.4) is 0 Å². The smallest absolute Gasteiger partial charge is 0.338 e. The minimum absolute atomic E-state index is 0.181. The number of methoxy groups -OCH3 is 1. The summed E-state index contributed by atoms with van der Waals surface area (Å²) >= 11 is 0. The second-order valence-corrected chi connectivity index (χ2v) is 6.54. The zero-order chi connectivity index (χ0) is 19.2. The third-order valence-corrected chi connectivity index (χ3v) is 4.97. The van der Waals surface area contributed by atoms with Gasteiger partial charge in [-0.3, -0.25) is 4.98 Å².